The largest absolute Gasteiger partial charge is 0.310 e. The van der Waals surface area contributed by atoms with Gasteiger partial charge in [-0.3, -0.25) is 0 Å². The summed E-state index contributed by atoms with van der Waals surface area (Å²) in [5.74, 6) is 0. The Hall–Kier alpha value is -8.14. The van der Waals surface area contributed by atoms with Crippen molar-refractivity contribution in [3.63, 3.8) is 0 Å². The van der Waals surface area contributed by atoms with Gasteiger partial charge in [-0.15, -0.1) is 0 Å². The summed E-state index contributed by atoms with van der Waals surface area (Å²) in [5.41, 5.74) is 12.8. The molecule has 11 aromatic carbocycles. The number of para-hydroxylation sites is 3. The normalized spacial score (nSPS) is 13.0. The Bertz CT molecular complexity index is 3830. The van der Waals surface area contributed by atoms with E-state index >= 15 is 0 Å². The van der Waals surface area contributed by atoms with Crippen molar-refractivity contribution in [3.05, 3.63) is 236 Å². The van der Waals surface area contributed by atoms with Crippen LogP contribution in [0, 0.1) is 0 Å². The second-order valence-electron chi connectivity index (χ2n) is 17.7. The van der Waals surface area contributed by atoms with E-state index in [-0.39, 0.29) is 5.41 Å². The molecule has 0 spiro atoms. The van der Waals surface area contributed by atoms with E-state index < -0.39 is 0 Å². The van der Waals surface area contributed by atoms with Gasteiger partial charge in [0.25, 0.3) is 0 Å². The first-order chi connectivity index (χ1) is 31.5. The third-order valence-electron chi connectivity index (χ3n) is 13.8. The minimum absolute atomic E-state index is 0.286. The maximum Gasteiger partial charge on any atom is 0.0583 e. The van der Waals surface area contributed by atoms with Crippen molar-refractivity contribution in [1.29, 1.82) is 0 Å². The van der Waals surface area contributed by atoms with Crippen molar-refractivity contribution in [2.24, 2.45) is 0 Å². The van der Waals surface area contributed by atoms with Gasteiger partial charge in [0.2, 0.25) is 0 Å². The van der Waals surface area contributed by atoms with Gasteiger partial charge in [-0.25, -0.2) is 0 Å². The molecule has 0 fully saturated rings. The Morgan fingerprint density at radius 1 is 0.328 bits per heavy atom. The second-order valence-corrected chi connectivity index (χ2v) is 17.7. The molecule has 302 valence electrons. The van der Waals surface area contributed by atoms with Crippen LogP contribution in [0.15, 0.2) is 224 Å². The fourth-order valence-electron chi connectivity index (χ4n) is 10.9. The van der Waals surface area contributed by atoms with Crippen LogP contribution in [0.2, 0.25) is 0 Å². The summed E-state index contributed by atoms with van der Waals surface area (Å²) in [6, 6.07) is 82.8. The molecular formula is C61H43N3. The molecule has 1 aromatic heterocycles. The minimum Gasteiger partial charge on any atom is -0.310 e. The van der Waals surface area contributed by atoms with Gasteiger partial charge in [-0.1, -0.05) is 166 Å². The maximum absolute atomic E-state index is 2.53. The molecule has 0 N–H and O–H groups in total. The number of benzene rings is 11. The van der Waals surface area contributed by atoms with Gasteiger partial charge in [0.05, 0.1) is 28.1 Å². The lowest BCUT2D eigenvalue weighted by molar-refractivity contribution is 0.630. The lowest BCUT2D eigenvalue weighted by atomic mass is 9.74. The van der Waals surface area contributed by atoms with Crippen molar-refractivity contribution >= 4 is 99.0 Å². The Morgan fingerprint density at radius 3 is 1.39 bits per heavy atom. The molecule has 3 nitrogen and oxygen atoms in total. The van der Waals surface area contributed by atoms with Crippen molar-refractivity contribution < 1.29 is 0 Å². The fraction of sp³-hybridized carbons (Fsp3) is 0.0492. The molecule has 3 heteroatoms. The topological polar surface area (TPSA) is 11.4 Å². The summed E-state index contributed by atoms with van der Waals surface area (Å²) in [6.45, 7) is 4.80. The van der Waals surface area contributed by atoms with Crippen LogP contribution in [0.5, 0.6) is 0 Å². The Balaban J connectivity index is 1.14. The first-order valence-corrected chi connectivity index (χ1v) is 22.3. The quantitative estimate of drug-likeness (QED) is 0.155. The zero-order chi connectivity index (χ0) is 42.5. The van der Waals surface area contributed by atoms with E-state index in [1.54, 1.807) is 0 Å². The predicted molar refractivity (Wildman–Crippen MR) is 272 cm³/mol. The molecule has 64 heavy (non-hydrogen) atoms. The van der Waals surface area contributed by atoms with Crippen molar-refractivity contribution in [2.45, 2.75) is 19.3 Å². The van der Waals surface area contributed by atoms with E-state index in [9.17, 15) is 0 Å². The highest BCUT2D eigenvalue weighted by atomic mass is 15.2. The highest BCUT2D eigenvalue weighted by Crippen LogP contribution is 2.52. The third-order valence-corrected chi connectivity index (χ3v) is 13.8. The second kappa shape index (κ2) is 13.9. The monoisotopic (exact) mass is 817 g/mol. The van der Waals surface area contributed by atoms with Gasteiger partial charge in [-0.2, -0.15) is 0 Å². The lowest BCUT2D eigenvalue weighted by Crippen LogP contribution is -2.26. The van der Waals surface area contributed by atoms with E-state index in [2.05, 4.69) is 253 Å². The Morgan fingerprint density at radius 2 is 0.797 bits per heavy atom. The molecule has 1 aliphatic heterocycles. The van der Waals surface area contributed by atoms with Crippen LogP contribution >= 0.6 is 0 Å². The first-order valence-electron chi connectivity index (χ1n) is 22.3. The first kappa shape index (κ1) is 36.5. The summed E-state index contributed by atoms with van der Waals surface area (Å²) in [7, 11) is 0. The molecule has 0 saturated heterocycles. The standard InChI is InChI=1S/C61H43N3/c1-61(2)54-31-17-18-32-57(54)64-56-34-33-44(62(42-21-5-3-6-22-42)58-35-40-19-9-11-25-46(40)48-27-13-15-29-50(48)58)37-52(56)53-38-45(39-55(61)60(53)64)63(43-23-7-4-8-24-43)59-36-41-20-10-12-26-47(41)49-28-14-16-30-51(49)59/h3-39H,1-2H3. The van der Waals surface area contributed by atoms with Gasteiger partial charge in [-0.05, 0) is 116 Å². The van der Waals surface area contributed by atoms with Crippen LogP contribution in [0.4, 0.5) is 34.1 Å². The zero-order valence-electron chi connectivity index (χ0n) is 35.7. The van der Waals surface area contributed by atoms with Crippen LogP contribution in [-0.2, 0) is 5.41 Å². The maximum atomic E-state index is 2.53. The SMILES string of the molecule is CC1(C)c2ccccc2-n2c3ccc(N(c4ccccc4)c4cc5ccccc5c5ccccc45)cc3c3cc(N(c4ccccc4)c4cc5ccccc5c5ccccc45)cc1c32. The summed E-state index contributed by atoms with van der Waals surface area (Å²) in [6.07, 6.45) is 0. The van der Waals surface area contributed by atoms with E-state index in [0.717, 1.165) is 34.1 Å². The zero-order valence-corrected chi connectivity index (χ0v) is 35.7. The van der Waals surface area contributed by atoms with Crippen LogP contribution in [-0.4, -0.2) is 4.57 Å². The number of aromatic nitrogens is 1. The van der Waals surface area contributed by atoms with Gasteiger partial charge in [0.1, 0.15) is 0 Å². The smallest absolute Gasteiger partial charge is 0.0583 e. The highest BCUT2D eigenvalue weighted by molar-refractivity contribution is 6.18. The van der Waals surface area contributed by atoms with Crippen LogP contribution in [0.1, 0.15) is 25.0 Å². The Labute approximate surface area is 372 Å². The summed E-state index contributed by atoms with van der Waals surface area (Å²) < 4.78 is 2.53. The van der Waals surface area contributed by atoms with E-state index in [0.29, 0.717) is 0 Å². The molecule has 0 saturated carbocycles. The van der Waals surface area contributed by atoms with Gasteiger partial charge < -0.3 is 14.4 Å². The number of hydrogen-bond acceptors (Lipinski definition) is 2. The lowest BCUT2D eigenvalue weighted by Gasteiger charge is -2.36. The average Bonchev–Trinajstić information content (AvgIpc) is 3.68. The van der Waals surface area contributed by atoms with Gasteiger partial charge in [0.15, 0.2) is 0 Å². The molecule has 0 radical (unpaired) electrons. The molecular weight excluding hydrogens is 775 g/mol. The summed E-state index contributed by atoms with van der Waals surface area (Å²) in [5, 5.41) is 12.3. The van der Waals surface area contributed by atoms with Crippen LogP contribution < -0.4 is 9.80 Å². The molecule has 1 aliphatic rings. The third kappa shape index (κ3) is 5.34. The summed E-state index contributed by atoms with van der Waals surface area (Å²) in [4.78, 5) is 4.95. The molecule has 12 aromatic rings. The van der Waals surface area contributed by atoms with Crippen molar-refractivity contribution in [3.8, 4) is 5.69 Å². The molecule has 0 bridgehead atoms. The number of anilines is 6. The van der Waals surface area contributed by atoms with E-state index in [1.165, 1.54) is 81.7 Å². The fourth-order valence-corrected chi connectivity index (χ4v) is 10.9. The molecule has 0 amide bonds. The number of fused-ring (bicyclic) bond motifs is 11. The molecule has 0 atom stereocenters. The molecule has 13 rings (SSSR count). The minimum atomic E-state index is -0.286. The molecule has 2 heterocycles. The van der Waals surface area contributed by atoms with Crippen molar-refractivity contribution in [1.82, 2.24) is 4.57 Å². The number of nitrogens with zero attached hydrogens (tertiary/aromatic N) is 3. The van der Waals surface area contributed by atoms with Gasteiger partial charge in [0, 0.05) is 49.7 Å². The average molecular weight is 818 g/mol. The van der Waals surface area contributed by atoms with Crippen LogP contribution in [0.3, 0.4) is 0 Å². The van der Waals surface area contributed by atoms with Gasteiger partial charge >= 0.3 is 0 Å². The van der Waals surface area contributed by atoms with Crippen LogP contribution in [0.25, 0.3) is 70.6 Å². The number of hydrogen-bond donors (Lipinski definition) is 0. The predicted octanol–water partition coefficient (Wildman–Crippen LogP) is 17.0. The molecule has 0 aliphatic carbocycles. The summed E-state index contributed by atoms with van der Waals surface area (Å²) >= 11 is 0. The van der Waals surface area contributed by atoms with E-state index in [4.69, 9.17) is 0 Å². The Kier molecular flexibility index (Phi) is 7.95. The molecule has 0 unspecified atom stereocenters. The highest BCUT2D eigenvalue weighted by Gasteiger charge is 2.36. The van der Waals surface area contributed by atoms with Crippen molar-refractivity contribution in [2.75, 3.05) is 9.80 Å². The van der Waals surface area contributed by atoms with E-state index in [1.807, 2.05) is 0 Å². The number of rotatable bonds is 6.